The van der Waals surface area contributed by atoms with Crippen LogP contribution in [-0.2, 0) is 11.3 Å². The number of hydrogen-bond acceptors (Lipinski definition) is 3. The van der Waals surface area contributed by atoms with Crippen LogP contribution >= 0.6 is 11.8 Å². The van der Waals surface area contributed by atoms with Crippen molar-refractivity contribution >= 4 is 28.8 Å². The van der Waals surface area contributed by atoms with Crippen molar-refractivity contribution in [3.8, 4) is 0 Å². The normalized spacial score (nSPS) is 10.8. The predicted molar refractivity (Wildman–Crippen MR) is 77.5 cm³/mol. The quantitative estimate of drug-likeness (QED) is 0.679. The zero-order valence-corrected chi connectivity index (χ0v) is 12.1. The molecule has 4 nitrogen and oxygen atoms in total. The topological polar surface area (TPSA) is 55.1 Å². The molecule has 1 aromatic carbocycles. The van der Waals surface area contributed by atoms with Gasteiger partial charge in [-0.15, -0.1) is 0 Å². The molecule has 2 rings (SSSR count). The van der Waals surface area contributed by atoms with Crippen LogP contribution in [0, 0.1) is 5.82 Å². The summed E-state index contributed by atoms with van der Waals surface area (Å²) in [6.45, 7) is 4.50. The number of carboxylic acid groups (broad SMARTS) is 1. The number of thioether (sulfide) groups is 1. The number of rotatable bonds is 5. The smallest absolute Gasteiger partial charge is 0.313 e. The Hall–Kier alpha value is -1.82. The van der Waals surface area contributed by atoms with Crippen molar-refractivity contribution in [1.29, 1.82) is 0 Å². The summed E-state index contributed by atoms with van der Waals surface area (Å²) in [5, 5.41) is 9.36. The Morgan fingerprint density at radius 2 is 2.25 bits per heavy atom. The van der Waals surface area contributed by atoms with Gasteiger partial charge in [-0.1, -0.05) is 23.4 Å². The van der Waals surface area contributed by atoms with Gasteiger partial charge in [0, 0.05) is 6.54 Å². The van der Waals surface area contributed by atoms with E-state index in [2.05, 4.69) is 4.98 Å². The number of aliphatic carboxylic acids is 1. The van der Waals surface area contributed by atoms with Crippen LogP contribution in [0.1, 0.15) is 13.8 Å². The van der Waals surface area contributed by atoms with Gasteiger partial charge < -0.3 is 9.67 Å². The summed E-state index contributed by atoms with van der Waals surface area (Å²) in [7, 11) is 0. The molecule has 0 aliphatic rings. The number of fused-ring (bicyclic) bond motifs is 1. The van der Waals surface area contributed by atoms with Crippen molar-refractivity contribution in [2.24, 2.45) is 0 Å². The van der Waals surface area contributed by atoms with Gasteiger partial charge in [0.2, 0.25) is 0 Å². The highest BCUT2D eigenvalue weighted by molar-refractivity contribution is 7.99. The van der Waals surface area contributed by atoms with Gasteiger partial charge in [-0.2, -0.15) is 0 Å². The second kappa shape index (κ2) is 6.09. The lowest BCUT2D eigenvalue weighted by Gasteiger charge is -2.05. The summed E-state index contributed by atoms with van der Waals surface area (Å²) in [5.41, 5.74) is 2.48. The number of allylic oxidation sites excluding steroid dienone is 2. The van der Waals surface area contributed by atoms with E-state index in [1.807, 2.05) is 24.5 Å². The third-order valence-corrected chi connectivity index (χ3v) is 3.64. The third-order valence-electron chi connectivity index (χ3n) is 2.68. The molecule has 0 radical (unpaired) electrons. The van der Waals surface area contributed by atoms with Crippen LogP contribution in [0.3, 0.4) is 0 Å². The van der Waals surface area contributed by atoms with Gasteiger partial charge >= 0.3 is 5.97 Å². The Balaban J connectivity index is 2.45. The number of imidazole rings is 1. The maximum atomic E-state index is 13.4. The average molecular weight is 294 g/mol. The summed E-state index contributed by atoms with van der Waals surface area (Å²) < 4.78 is 15.2. The van der Waals surface area contributed by atoms with Gasteiger partial charge in [0.05, 0.1) is 16.8 Å². The minimum Gasteiger partial charge on any atom is -0.481 e. The Bertz CT molecular complexity index is 675. The highest BCUT2D eigenvalue weighted by atomic mass is 32.2. The van der Waals surface area contributed by atoms with Crippen molar-refractivity contribution in [2.75, 3.05) is 5.75 Å². The Morgan fingerprint density at radius 3 is 2.90 bits per heavy atom. The van der Waals surface area contributed by atoms with E-state index >= 15 is 0 Å². The summed E-state index contributed by atoms with van der Waals surface area (Å²) in [5.74, 6) is -1.30. The van der Waals surface area contributed by atoms with Crippen molar-refractivity contribution < 1.29 is 14.3 Å². The molecule has 1 aromatic heterocycles. The van der Waals surface area contributed by atoms with Crippen molar-refractivity contribution in [3.63, 3.8) is 0 Å². The summed E-state index contributed by atoms with van der Waals surface area (Å²) in [4.78, 5) is 15.1. The molecule has 0 bridgehead atoms. The van der Waals surface area contributed by atoms with Crippen LogP contribution in [0.25, 0.3) is 11.0 Å². The van der Waals surface area contributed by atoms with Crippen LogP contribution in [0.5, 0.6) is 0 Å². The SMILES string of the molecule is CC(C)=CCn1c(SCC(=O)O)nc2ccc(F)cc21. The Labute approximate surface area is 120 Å². The fourth-order valence-electron chi connectivity index (χ4n) is 1.76. The second-order valence-corrected chi connectivity index (χ2v) is 5.54. The molecule has 0 aliphatic carbocycles. The van der Waals surface area contributed by atoms with Crippen LogP contribution in [0.15, 0.2) is 35.0 Å². The number of aromatic nitrogens is 2. The second-order valence-electron chi connectivity index (χ2n) is 4.60. The molecule has 20 heavy (non-hydrogen) atoms. The predicted octanol–water partition coefficient (Wildman–Crippen LogP) is 3.32. The number of hydrogen-bond donors (Lipinski definition) is 1. The van der Waals surface area contributed by atoms with Gasteiger partial charge in [-0.3, -0.25) is 4.79 Å². The van der Waals surface area contributed by atoms with E-state index in [0.29, 0.717) is 22.7 Å². The molecular weight excluding hydrogens is 279 g/mol. The Morgan fingerprint density at radius 1 is 1.50 bits per heavy atom. The van der Waals surface area contributed by atoms with Gasteiger partial charge in [-0.25, -0.2) is 9.37 Å². The van der Waals surface area contributed by atoms with Gasteiger partial charge in [0.15, 0.2) is 5.16 Å². The minimum atomic E-state index is -0.901. The fraction of sp³-hybridized carbons (Fsp3) is 0.286. The molecule has 2 aromatic rings. The van der Waals surface area contributed by atoms with E-state index < -0.39 is 5.97 Å². The van der Waals surface area contributed by atoms with Crippen LogP contribution < -0.4 is 0 Å². The molecule has 1 heterocycles. The fourth-order valence-corrected chi connectivity index (χ4v) is 2.50. The summed E-state index contributed by atoms with van der Waals surface area (Å²) in [6.07, 6.45) is 2.00. The standard InChI is InChI=1S/C14H15FN2O2S/c1-9(2)5-6-17-12-7-10(15)3-4-11(12)16-14(17)20-8-13(18)19/h3-5,7H,6,8H2,1-2H3,(H,18,19). The lowest BCUT2D eigenvalue weighted by Crippen LogP contribution is -2.02. The molecule has 0 saturated heterocycles. The number of carbonyl (C=O) groups is 1. The molecule has 0 atom stereocenters. The molecule has 0 amide bonds. The molecule has 0 unspecified atom stereocenters. The maximum Gasteiger partial charge on any atom is 0.313 e. The highest BCUT2D eigenvalue weighted by Crippen LogP contribution is 2.25. The molecule has 0 spiro atoms. The van der Waals surface area contributed by atoms with Crippen molar-refractivity contribution in [1.82, 2.24) is 9.55 Å². The van der Waals surface area contributed by atoms with E-state index in [-0.39, 0.29) is 11.6 Å². The average Bonchev–Trinajstić information content (AvgIpc) is 2.71. The van der Waals surface area contributed by atoms with Crippen molar-refractivity contribution in [3.05, 3.63) is 35.7 Å². The highest BCUT2D eigenvalue weighted by Gasteiger charge is 2.12. The molecular formula is C14H15FN2O2S. The zero-order valence-electron chi connectivity index (χ0n) is 11.3. The molecule has 0 fully saturated rings. The largest absolute Gasteiger partial charge is 0.481 e. The maximum absolute atomic E-state index is 13.4. The monoisotopic (exact) mass is 294 g/mol. The molecule has 0 saturated carbocycles. The van der Waals surface area contributed by atoms with Crippen LogP contribution in [0.4, 0.5) is 4.39 Å². The minimum absolute atomic E-state index is 0.0688. The number of benzene rings is 1. The molecule has 106 valence electrons. The van der Waals surface area contributed by atoms with E-state index in [0.717, 1.165) is 17.3 Å². The lowest BCUT2D eigenvalue weighted by atomic mass is 10.3. The first-order valence-corrected chi connectivity index (χ1v) is 7.09. The Kier molecular flexibility index (Phi) is 4.44. The first-order valence-electron chi connectivity index (χ1n) is 6.11. The van der Waals surface area contributed by atoms with Crippen LogP contribution in [-0.4, -0.2) is 26.4 Å². The molecule has 6 heteroatoms. The number of carboxylic acids is 1. The summed E-state index contributed by atoms with van der Waals surface area (Å²) >= 11 is 1.14. The first-order chi connectivity index (χ1) is 9.47. The number of halogens is 1. The van der Waals surface area contributed by atoms with Crippen LogP contribution in [0.2, 0.25) is 0 Å². The van der Waals surface area contributed by atoms with E-state index in [4.69, 9.17) is 5.11 Å². The van der Waals surface area contributed by atoms with Crippen molar-refractivity contribution in [2.45, 2.75) is 25.5 Å². The van der Waals surface area contributed by atoms with Gasteiger partial charge in [-0.05, 0) is 32.0 Å². The zero-order chi connectivity index (χ0) is 14.7. The van der Waals surface area contributed by atoms with Gasteiger partial charge in [0.25, 0.3) is 0 Å². The summed E-state index contributed by atoms with van der Waals surface area (Å²) in [6, 6.07) is 4.38. The van der Waals surface area contributed by atoms with Gasteiger partial charge in [0.1, 0.15) is 5.82 Å². The van der Waals surface area contributed by atoms with E-state index in [9.17, 15) is 9.18 Å². The molecule has 0 aliphatic heterocycles. The molecule has 1 N–H and O–H groups in total. The third kappa shape index (κ3) is 3.39. The van der Waals surface area contributed by atoms with E-state index in [1.165, 1.54) is 12.1 Å². The first kappa shape index (κ1) is 14.6. The lowest BCUT2D eigenvalue weighted by molar-refractivity contribution is -0.133. The number of nitrogens with zero attached hydrogens (tertiary/aromatic N) is 2. The van der Waals surface area contributed by atoms with E-state index in [1.54, 1.807) is 6.07 Å².